The van der Waals surface area contributed by atoms with E-state index in [1.807, 2.05) is 0 Å². The molecule has 0 aromatic rings. The van der Waals surface area contributed by atoms with Crippen molar-refractivity contribution in [3.8, 4) is 0 Å². The van der Waals surface area contributed by atoms with Gasteiger partial charge in [-0.3, -0.25) is 4.79 Å². The summed E-state index contributed by atoms with van der Waals surface area (Å²) >= 11 is 0. The number of hydrogen-bond donors (Lipinski definition) is 1. The molecule has 1 rings (SSSR count). The van der Waals surface area contributed by atoms with Gasteiger partial charge in [0.25, 0.3) is 0 Å². The normalized spacial score (nSPS) is 18.0. The number of rotatable bonds is 5. The van der Waals surface area contributed by atoms with Crippen LogP contribution in [0.3, 0.4) is 0 Å². The average Bonchev–Trinajstić information content (AvgIpc) is 2.50. The smallest absolute Gasteiger partial charge is 0.481 e. The maximum atomic E-state index is 10.4. The molecule has 0 amide bonds. The minimum atomic E-state index is -0.909. The van der Waals surface area contributed by atoms with Crippen molar-refractivity contribution in [1.29, 1.82) is 0 Å². The first-order chi connectivity index (χ1) is 6.68. The van der Waals surface area contributed by atoms with Gasteiger partial charge in [0.15, 0.2) is 6.61 Å². The summed E-state index contributed by atoms with van der Waals surface area (Å²) in [4.78, 5) is 20.5. The molecule has 0 atom stereocenters. The van der Waals surface area contributed by atoms with Crippen molar-refractivity contribution < 1.29 is 28.9 Å². The monoisotopic (exact) mass is 202 g/mol. The van der Waals surface area contributed by atoms with Crippen LogP contribution in [0.25, 0.3) is 0 Å². The average molecular weight is 202 g/mol. The van der Waals surface area contributed by atoms with Gasteiger partial charge in [0.05, 0.1) is 19.6 Å². The van der Waals surface area contributed by atoms with Crippen molar-refractivity contribution in [3.05, 3.63) is 11.8 Å². The van der Waals surface area contributed by atoms with Crippen molar-refractivity contribution in [2.75, 3.05) is 19.8 Å². The van der Waals surface area contributed by atoms with Crippen LogP contribution >= 0.6 is 0 Å². The molecule has 1 aliphatic heterocycles. The molecule has 6 nitrogen and oxygen atoms in total. The first-order valence-corrected chi connectivity index (χ1v) is 4.01. The predicted octanol–water partition coefficient (Wildman–Crippen LogP) is 0.528. The molecule has 0 unspecified atom stereocenters. The van der Waals surface area contributed by atoms with Crippen LogP contribution < -0.4 is 0 Å². The SMILES string of the molecule is O=C(O)CCOCC=C1COC(=O)O1. The van der Waals surface area contributed by atoms with E-state index in [4.69, 9.17) is 9.84 Å². The summed E-state index contributed by atoms with van der Waals surface area (Å²) < 4.78 is 14.0. The second kappa shape index (κ2) is 5.23. The summed E-state index contributed by atoms with van der Waals surface area (Å²) in [5.41, 5.74) is 0. The summed E-state index contributed by atoms with van der Waals surface area (Å²) in [5.74, 6) is -0.515. The Hall–Kier alpha value is -1.56. The van der Waals surface area contributed by atoms with Gasteiger partial charge < -0.3 is 19.3 Å². The molecule has 0 radical (unpaired) electrons. The van der Waals surface area contributed by atoms with Crippen molar-refractivity contribution in [2.45, 2.75) is 6.42 Å². The molecule has 0 aromatic carbocycles. The zero-order valence-electron chi connectivity index (χ0n) is 7.39. The van der Waals surface area contributed by atoms with E-state index in [9.17, 15) is 9.59 Å². The number of carboxylic acids is 1. The van der Waals surface area contributed by atoms with E-state index in [1.165, 1.54) is 6.08 Å². The number of aliphatic carboxylic acids is 1. The van der Waals surface area contributed by atoms with Crippen molar-refractivity contribution in [1.82, 2.24) is 0 Å². The Morgan fingerprint density at radius 3 is 3.00 bits per heavy atom. The molecule has 1 N–H and O–H groups in total. The van der Waals surface area contributed by atoms with Crippen LogP contribution in [0.5, 0.6) is 0 Å². The number of cyclic esters (lactones) is 2. The van der Waals surface area contributed by atoms with E-state index >= 15 is 0 Å². The number of carboxylic acid groups (broad SMARTS) is 1. The summed E-state index contributed by atoms with van der Waals surface area (Å²) in [5, 5.41) is 8.27. The van der Waals surface area contributed by atoms with Gasteiger partial charge >= 0.3 is 12.1 Å². The molecule has 1 heterocycles. The van der Waals surface area contributed by atoms with Crippen LogP contribution in [0, 0.1) is 0 Å². The van der Waals surface area contributed by atoms with Gasteiger partial charge in [0.2, 0.25) is 0 Å². The van der Waals surface area contributed by atoms with Crippen LogP contribution in [0.1, 0.15) is 6.42 Å². The fourth-order valence-corrected chi connectivity index (χ4v) is 0.791. The third-order valence-electron chi connectivity index (χ3n) is 1.44. The lowest BCUT2D eigenvalue weighted by Crippen LogP contribution is -2.03. The van der Waals surface area contributed by atoms with Crippen molar-refractivity contribution in [3.63, 3.8) is 0 Å². The minimum absolute atomic E-state index is 0.0422. The molecule has 0 aromatic heterocycles. The fourth-order valence-electron chi connectivity index (χ4n) is 0.791. The zero-order valence-corrected chi connectivity index (χ0v) is 7.39. The summed E-state index contributed by atoms with van der Waals surface area (Å²) in [7, 11) is 0. The molecule has 0 bridgehead atoms. The lowest BCUT2D eigenvalue weighted by atomic mass is 10.4. The van der Waals surface area contributed by atoms with Crippen LogP contribution in [0.2, 0.25) is 0 Å². The maximum Gasteiger partial charge on any atom is 0.514 e. The molecule has 1 aliphatic rings. The van der Waals surface area contributed by atoms with E-state index in [-0.39, 0.29) is 26.2 Å². The largest absolute Gasteiger partial charge is 0.514 e. The Kier molecular flexibility index (Phi) is 3.93. The Labute approximate surface area is 80.1 Å². The molecule has 6 heteroatoms. The summed E-state index contributed by atoms with van der Waals surface area (Å²) in [6, 6.07) is 0. The van der Waals surface area contributed by atoms with Crippen molar-refractivity contribution >= 4 is 12.1 Å². The Morgan fingerprint density at radius 1 is 1.64 bits per heavy atom. The van der Waals surface area contributed by atoms with Crippen LogP contribution in [-0.4, -0.2) is 37.1 Å². The molecule has 78 valence electrons. The van der Waals surface area contributed by atoms with E-state index in [0.717, 1.165) is 0 Å². The lowest BCUT2D eigenvalue weighted by Gasteiger charge is -1.97. The third-order valence-corrected chi connectivity index (χ3v) is 1.44. The van der Waals surface area contributed by atoms with Gasteiger partial charge in [-0.2, -0.15) is 0 Å². The molecule has 14 heavy (non-hydrogen) atoms. The number of ether oxygens (including phenoxy) is 3. The third kappa shape index (κ3) is 3.90. The molecule has 0 saturated carbocycles. The Balaban J connectivity index is 2.08. The zero-order chi connectivity index (χ0) is 10.4. The second-order valence-electron chi connectivity index (χ2n) is 2.53. The standard InChI is InChI=1S/C8H10O6/c9-7(10)2-4-12-3-1-6-5-13-8(11)14-6/h1H,2-5H2,(H,9,10). The van der Waals surface area contributed by atoms with Gasteiger partial charge in [0.1, 0.15) is 5.76 Å². The highest BCUT2D eigenvalue weighted by Gasteiger charge is 2.17. The van der Waals surface area contributed by atoms with Gasteiger partial charge in [0, 0.05) is 0 Å². The molecular formula is C8H10O6. The number of carbonyl (C=O) groups is 2. The summed E-state index contributed by atoms with van der Waals surface area (Å²) in [6.07, 6.45) is 0.772. The quantitative estimate of drug-likeness (QED) is 0.517. The van der Waals surface area contributed by atoms with Crippen molar-refractivity contribution in [2.24, 2.45) is 0 Å². The highest BCUT2D eigenvalue weighted by Crippen LogP contribution is 2.08. The van der Waals surface area contributed by atoms with Gasteiger partial charge in [-0.05, 0) is 6.08 Å². The first kappa shape index (κ1) is 10.5. The fraction of sp³-hybridized carbons (Fsp3) is 0.500. The van der Waals surface area contributed by atoms with Gasteiger partial charge in [-0.25, -0.2) is 4.79 Å². The predicted molar refractivity (Wildman–Crippen MR) is 43.6 cm³/mol. The van der Waals surface area contributed by atoms with Gasteiger partial charge in [-0.1, -0.05) is 0 Å². The minimum Gasteiger partial charge on any atom is -0.481 e. The van der Waals surface area contributed by atoms with E-state index in [2.05, 4.69) is 9.47 Å². The Morgan fingerprint density at radius 2 is 2.43 bits per heavy atom. The molecule has 1 saturated heterocycles. The molecular weight excluding hydrogens is 192 g/mol. The summed E-state index contributed by atoms with van der Waals surface area (Å²) in [6.45, 7) is 0.453. The molecule has 1 fully saturated rings. The highest BCUT2D eigenvalue weighted by atomic mass is 16.8. The van der Waals surface area contributed by atoms with Crippen LogP contribution in [0.4, 0.5) is 4.79 Å². The lowest BCUT2D eigenvalue weighted by molar-refractivity contribution is -0.138. The molecule has 0 spiro atoms. The highest BCUT2D eigenvalue weighted by molar-refractivity contribution is 5.66. The number of carbonyl (C=O) groups excluding carboxylic acids is 1. The van der Waals surface area contributed by atoms with E-state index in [1.54, 1.807) is 0 Å². The second-order valence-corrected chi connectivity index (χ2v) is 2.53. The molecule has 0 aliphatic carbocycles. The number of hydrogen-bond acceptors (Lipinski definition) is 5. The van der Waals surface area contributed by atoms with E-state index < -0.39 is 12.1 Å². The van der Waals surface area contributed by atoms with Crippen LogP contribution in [0.15, 0.2) is 11.8 Å². The van der Waals surface area contributed by atoms with E-state index in [0.29, 0.717) is 5.76 Å². The Bertz CT molecular complexity index is 257. The van der Waals surface area contributed by atoms with Gasteiger partial charge in [-0.15, -0.1) is 0 Å². The topological polar surface area (TPSA) is 82.1 Å². The first-order valence-electron chi connectivity index (χ1n) is 4.01. The van der Waals surface area contributed by atoms with Crippen LogP contribution in [-0.2, 0) is 19.0 Å². The maximum absolute atomic E-state index is 10.4.